The molecule has 0 aliphatic carbocycles. The summed E-state index contributed by atoms with van der Waals surface area (Å²) in [5.74, 6) is 2.43. The molecule has 1 N–H and O–H groups in total. The van der Waals surface area contributed by atoms with E-state index in [2.05, 4.69) is 9.97 Å². The highest BCUT2D eigenvalue weighted by Gasteiger charge is 2.34. The Morgan fingerprint density at radius 3 is 2.60 bits per heavy atom. The molecule has 2 heterocycles. The second kappa shape index (κ2) is 6.91. The molecule has 4 aromatic rings. The van der Waals surface area contributed by atoms with Gasteiger partial charge in [0.1, 0.15) is 11.6 Å². The number of rotatable bonds is 3. The molecule has 1 atom stereocenters. The third kappa shape index (κ3) is 2.72. The number of nitrogens with one attached hydrogen (secondary N) is 1. The van der Waals surface area contributed by atoms with E-state index in [1.807, 2.05) is 54.6 Å². The van der Waals surface area contributed by atoms with E-state index >= 15 is 0 Å². The first-order valence-electron chi connectivity index (χ1n) is 9.63. The molecule has 6 nitrogen and oxygen atoms in total. The Morgan fingerprint density at radius 2 is 1.80 bits per heavy atom. The van der Waals surface area contributed by atoms with Gasteiger partial charge in [0.05, 0.1) is 19.8 Å². The first kappa shape index (κ1) is 18.2. The molecule has 1 aliphatic heterocycles. The van der Waals surface area contributed by atoms with Crippen LogP contribution in [0.2, 0.25) is 0 Å². The van der Waals surface area contributed by atoms with E-state index < -0.39 is 0 Å². The SMILES string of the molecule is COc1ccc(C2c3ccc4ccccc4c3Oc3nc(C)[nH]c(=O)c32)cc1OC. The quantitative estimate of drug-likeness (QED) is 0.482. The number of hydrogen-bond donors (Lipinski definition) is 1. The standard InChI is InChI=1S/C24H20N2O4/c1-13-25-23(27)21-20(15-9-11-18(28-2)19(12-15)29-3)17-10-8-14-6-4-5-7-16(14)22(17)30-24(21)26-13/h4-12,20H,1-3H3,(H,25,26,27). The van der Waals surface area contributed by atoms with Gasteiger partial charge in [0.15, 0.2) is 11.5 Å². The van der Waals surface area contributed by atoms with Crippen LogP contribution in [0, 0.1) is 6.92 Å². The van der Waals surface area contributed by atoms with Gasteiger partial charge in [0.25, 0.3) is 5.56 Å². The molecule has 30 heavy (non-hydrogen) atoms. The molecule has 5 rings (SSSR count). The van der Waals surface area contributed by atoms with Gasteiger partial charge >= 0.3 is 0 Å². The van der Waals surface area contributed by atoms with E-state index in [4.69, 9.17) is 14.2 Å². The second-order valence-corrected chi connectivity index (χ2v) is 7.22. The molecule has 6 heteroatoms. The van der Waals surface area contributed by atoms with Crippen LogP contribution in [0.5, 0.6) is 23.1 Å². The Kier molecular flexibility index (Phi) is 4.20. The maximum Gasteiger partial charge on any atom is 0.258 e. The molecule has 0 saturated carbocycles. The van der Waals surface area contributed by atoms with E-state index in [1.54, 1.807) is 21.1 Å². The highest BCUT2D eigenvalue weighted by atomic mass is 16.5. The molecule has 0 spiro atoms. The van der Waals surface area contributed by atoms with Crippen LogP contribution in [-0.4, -0.2) is 24.2 Å². The van der Waals surface area contributed by atoms with Crippen molar-refractivity contribution >= 4 is 10.8 Å². The van der Waals surface area contributed by atoms with Gasteiger partial charge in [-0.25, -0.2) is 0 Å². The van der Waals surface area contributed by atoms with E-state index in [9.17, 15) is 4.79 Å². The summed E-state index contributed by atoms with van der Waals surface area (Å²) >= 11 is 0. The lowest BCUT2D eigenvalue weighted by Crippen LogP contribution is -2.24. The van der Waals surface area contributed by atoms with Crippen molar-refractivity contribution < 1.29 is 14.2 Å². The number of aromatic amines is 1. The van der Waals surface area contributed by atoms with Crippen molar-refractivity contribution in [1.29, 1.82) is 0 Å². The Morgan fingerprint density at radius 1 is 1.00 bits per heavy atom. The zero-order chi connectivity index (χ0) is 20.8. The van der Waals surface area contributed by atoms with Crippen LogP contribution in [0.25, 0.3) is 10.8 Å². The summed E-state index contributed by atoms with van der Waals surface area (Å²) in [6.07, 6.45) is 0. The number of aryl methyl sites for hydroxylation is 1. The highest BCUT2D eigenvalue weighted by molar-refractivity contribution is 5.91. The number of benzene rings is 3. The van der Waals surface area contributed by atoms with Crippen molar-refractivity contribution in [3.05, 3.63) is 87.5 Å². The van der Waals surface area contributed by atoms with Crippen LogP contribution in [0.1, 0.15) is 28.4 Å². The molecule has 1 unspecified atom stereocenters. The molecule has 3 aromatic carbocycles. The van der Waals surface area contributed by atoms with E-state index in [0.717, 1.165) is 27.6 Å². The summed E-state index contributed by atoms with van der Waals surface area (Å²) in [6.45, 7) is 1.75. The molecule has 0 bridgehead atoms. The minimum atomic E-state index is -0.356. The monoisotopic (exact) mass is 400 g/mol. The molecule has 1 aromatic heterocycles. The molecule has 0 radical (unpaired) electrons. The number of ether oxygens (including phenoxy) is 3. The Labute approximate surface area is 173 Å². The number of aromatic nitrogens is 2. The number of nitrogens with zero attached hydrogens (tertiary/aromatic N) is 1. The van der Waals surface area contributed by atoms with E-state index in [-0.39, 0.29) is 11.5 Å². The zero-order valence-corrected chi connectivity index (χ0v) is 16.9. The van der Waals surface area contributed by atoms with Gasteiger partial charge in [-0.2, -0.15) is 4.98 Å². The first-order valence-corrected chi connectivity index (χ1v) is 9.63. The third-order valence-corrected chi connectivity index (χ3v) is 5.49. The molecule has 150 valence electrons. The average Bonchev–Trinajstić information content (AvgIpc) is 2.77. The van der Waals surface area contributed by atoms with Gasteiger partial charge in [-0.3, -0.25) is 4.79 Å². The average molecular weight is 400 g/mol. The fraction of sp³-hybridized carbons (Fsp3) is 0.167. The smallest absolute Gasteiger partial charge is 0.258 e. The molecular weight excluding hydrogens is 380 g/mol. The predicted molar refractivity (Wildman–Crippen MR) is 114 cm³/mol. The van der Waals surface area contributed by atoms with E-state index in [0.29, 0.717) is 28.8 Å². The normalized spacial score (nSPS) is 14.6. The lowest BCUT2D eigenvalue weighted by molar-refractivity contribution is 0.354. The van der Waals surface area contributed by atoms with Crippen molar-refractivity contribution in [3.63, 3.8) is 0 Å². The number of fused-ring (bicyclic) bond motifs is 4. The van der Waals surface area contributed by atoms with Crippen molar-refractivity contribution in [1.82, 2.24) is 9.97 Å². The van der Waals surface area contributed by atoms with Gasteiger partial charge < -0.3 is 19.2 Å². The lowest BCUT2D eigenvalue weighted by Gasteiger charge is -2.28. The highest BCUT2D eigenvalue weighted by Crippen LogP contribution is 2.48. The third-order valence-electron chi connectivity index (χ3n) is 5.49. The fourth-order valence-electron chi connectivity index (χ4n) is 4.13. The predicted octanol–water partition coefficient (Wildman–Crippen LogP) is 4.53. The van der Waals surface area contributed by atoms with Crippen LogP contribution in [0.15, 0.2) is 59.4 Å². The van der Waals surface area contributed by atoms with Crippen molar-refractivity contribution in [2.75, 3.05) is 14.2 Å². The molecule has 0 amide bonds. The second-order valence-electron chi connectivity index (χ2n) is 7.22. The van der Waals surface area contributed by atoms with Crippen molar-refractivity contribution in [2.45, 2.75) is 12.8 Å². The maximum absolute atomic E-state index is 13.0. The van der Waals surface area contributed by atoms with Gasteiger partial charge in [-0.05, 0) is 30.0 Å². The van der Waals surface area contributed by atoms with Gasteiger partial charge in [0, 0.05) is 16.9 Å². The summed E-state index contributed by atoms with van der Waals surface area (Å²) in [7, 11) is 3.19. The zero-order valence-electron chi connectivity index (χ0n) is 16.9. The van der Waals surface area contributed by atoms with Crippen LogP contribution >= 0.6 is 0 Å². The topological polar surface area (TPSA) is 73.4 Å². The van der Waals surface area contributed by atoms with Gasteiger partial charge in [-0.1, -0.05) is 42.5 Å². The number of hydrogen-bond acceptors (Lipinski definition) is 5. The van der Waals surface area contributed by atoms with Gasteiger partial charge in [0.2, 0.25) is 5.88 Å². The molecular formula is C24H20N2O4. The maximum atomic E-state index is 13.0. The van der Waals surface area contributed by atoms with Crippen LogP contribution in [0.3, 0.4) is 0 Å². The van der Waals surface area contributed by atoms with Crippen molar-refractivity contribution in [3.8, 4) is 23.1 Å². The fourth-order valence-corrected chi connectivity index (χ4v) is 4.13. The Hall–Kier alpha value is -3.80. The Balaban J connectivity index is 1.83. The lowest BCUT2D eigenvalue weighted by atomic mass is 9.83. The summed E-state index contributed by atoms with van der Waals surface area (Å²) in [5, 5.41) is 2.04. The largest absolute Gasteiger partial charge is 0.493 e. The van der Waals surface area contributed by atoms with Crippen LogP contribution in [-0.2, 0) is 0 Å². The minimum Gasteiger partial charge on any atom is -0.493 e. The summed E-state index contributed by atoms with van der Waals surface area (Å²) in [6, 6.07) is 17.8. The minimum absolute atomic E-state index is 0.212. The number of methoxy groups -OCH3 is 2. The molecule has 1 aliphatic rings. The Bertz CT molecular complexity index is 1340. The van der Waals surface area contributed by atoms with Gasteiger partial charge in [-0.15, -0.1) is 0 Å². The molecule has 0 saturated heterocycles. The summed E-state index contributed by atoms with van der Waals surface area (Å²) in [5.41, 5.74) is 2.07. The summed E-state index contributed by atoms with van der Waals surface area (Å²) in [4.78, 5) is 20.3. The van der Waals surface area contributed by atoms with Crippen molar-refractivity contribution in [2.24, 2.45) is 0 Å². The first-order chi connectivity index (χ1) is 14.6. The number of H-pyrrole nitrogens is 1. The summed E-state index contributed by atoms with van der Waals surface area (Å²) < 4.78 is 17.1. The van der Waals surface area contributed by atoms with Crippen LogP contribution < -0.4 is 19.8 Å². The molecule has 0 fully saturated rings. The van der Waals surface area contributed by atoms with E-state index in [1.165, 1.54) is 0 Å². The van der Waals surface area contributed by atoms with Crippen LogP contribution in [0.4, 0.5) is 0 Å².